The van der Waals surface area contributed by atoms with Crippen LogP contribution < -0.4 is 0 Å². The van der Waals surface area contributed by atoms with Crippen molar-refractivity contribution in [1.29, 1.82) is 0 Å². The zero-order valence-corrected chi connectivity index (χ0v) is 10.6. The Morgan fingerprint density at radius 1 is 1.39 bits per heavy atom. The highest BCUT2D eigenvalue weighted by Crippen LogP contribution is 2.06. The van der Waals surface area contributed by atoms with Gasteiger partial charge in [0.1, 0.15) is 5.69 Å². The van der Waals surface area contributed by atoms with Crippen LogP contribution in [0.4, 0.5) is 0 Å². The number of aromatic amines is 1. The molecule has 5 nitrogen and oxygen atoms in total. The van der Waals surface area contributed by atoms with Crippen LogP contribution in [0, 0.1) is 6.92 Å². The molecule has 0 fully saturated rings. The first kappa shape index (κ1) is 12.3. The van der Waals surface area contributed by atoms with Crippen molar-refractivity contribution in [3.8, 4) is 0 Å². The molecule has 0 aliphatic heterocycles. The number of nitrogens with one attached hydrogen (secondary N) is 1. The molecule has 0 radical (unpaired) electrons. The summed E-state index contributed by atoms with van der Waals surface area (Å²) in [6.45, 7) is 2.54. The van der Waals surface area contributed by atoms with E-state index in [2.05, 4.69) is 15.2 Å². The van der Waals surface area contributed by atoms with E-state index in [1.807, 2.05) is 19.1 Å². The third kappa shape index (κ3) is 2.74. The highest BCUT2D eigenvalue weighted by molar-refractivity contribution is 5.93. The lowest BCUT2D eigenvalue weighted by molar-refractivity contribution is 0.0790. The minimum absolute atomic E-state index is 0.0287. The van der Waals surface area contributed by atoms with Gasteiger partial charge in [-0.1, -0.05) is 0 Å². The predicted octanol–water partition coefficient (Wildman–Crippen LogP) is 1.43. The van der Waals surface area contributed by atoms with Gasteiger partial charge in [-0.05, 0) is 36.6 Å². The summed E-state index contributed by atoms with van der Waals surface area (Å²) in [6, 6.07) is 3.92. The van der Waals surface area contributed by atoms with E-state index < -0.39 is 0 Å². The Kier molecular flexibility index (Phi) is 3.72. The Morgan fingerprint density at radius 2 is 2.11 bits per heavy atom. The van der Waals surface area contributed by atoms with Crippen molar-refractivity contribution < 1.29 is 4.79 Å². The van der Waals surface area contributed by atoms with E-state index in [1.54, 1.807) is 30.5 Å². The molecule has 0 unspecified atom stereocenters. The highest BCUT2D eigenvalue weighted by Gasteiger charge is 2.15. The van der Waals surface area contributed by atoms with E-state index in [1.165, 1.54) is 5.56 Å². The van der Waals surface area contributed by atoms with Crippen LogP contribution in [0.1, 0.15) is 21.6 Å². The van der Waals surface area contributed by atoms with Crippen LogP contribution in [-0.2, 0) is 6.42 Å². The molecule has 1 amide bonds. The SMILES string of the molecule is Cc1cn[nH]c1C(=O)N(C)CCc1ccncc1. The number of aryl methyl sites for hydroxylation is 1. The number of likely N-dealkylation sites (N-methyl/N-ethyl adjacent to an activating group) is 1. The van der Waals surface area contributed by atoms with Crippen molar-refractivity contribution in [3.63, 3.8) is 0 Å². The van der Waals surface area contributed by atoms with Gasteiger partial charge in [-0.2, -0.15) is 5.10 Å². The van der Waals surface area contributed by atoms with Gasteiger partial charge in [0.05, 0.1) is 6.20 Å². The summed E-state index contributed by atoms with van der Waals surface area (Å²) in [5.41, 5.74) is 2.61. The summed E-state index contributed by atoms with van der Waals surface area (Å²) in [6.07, 6.45) is 5.99. The molecular weight excluding hydrogens is 228 g/mol. The Morgan fingerprint density at radius 3 is 2.72 bits per heavy atom. The number of carbonyl (C=O) groups excluding carboxylic acids is 1. The number of carbonyl (C=O) groups is 1. The van der Waals surface area contributed by atoms with Gasteiger partial charge in [0.2, 0.25) is 0 Å². The molecule has 2 aromatic rings. The molecule has 0 aromatic carbocycles. The molecule has 2 aromatic heterocycles. The maximum Gasteiger partial charge on any atom is 0.271 e. The van der Waals surface area contributed by atoms with Crippen LogP contribution in [-0.4, -0.2) is 39.6 Å². The van der Waals surface area contributed by atoms with Crippen molar-refractivity contribution in [2.45, 2.75) is 13.3 Å². The standard InChI is InChI=1S/C13H16N4O/c1-10-9-15-16-12(10)13(18)17(2)8-5-11-3-6-14-7-4-11/h3-4,6-7,9H,5,8H2,1-2H3,(H,15,16). The predicted molar refractivity (Wildman–Crippen MR) is 68.2 cm³/mol. The molecule has 0 bridgehead atoms. The number of aromatic nitrogens is 3. The van der Waals surface area contributed by atoms with Crippen LogP contribution in [0.25, 0.3) is 0 Å². The number of hydrogen-bond donors (Lipinski definition) is 1. The van der Waals surface area contributed by atoms with Gasteiger partial charge in [0.15, 0.2) is 0 Å². The van der Waals surface area contributed by atoms with Crippen LogP contribution in [0.5, 0.6) is 0 Å². The molecule has 0 aliphatic rings. The summed E-state index contributed by atoms with van der Waals surface area (Å²) in [7, 11) is 1.80. The average Bonchev–Trinajstić information content (AvgIpc) is 2.82. The van der Waals surface area contributed by atoms with E-state index in [0.29, 0.717) is 12.2 Å². The van der Waals surface area contributed by atoms with Gasteiger partial charge >= 0.3 is 0 Å². The van der Waals surface area contributed by atoms with E-state index in [9.17, 15) is 4.79 Å². The largest absolute Gasteiger partial charge is 0.340 e. The number of H-pyrrole nitrogens is 1. The van der Waals surface area contributed by atoms with Gasteiger partial charge in [0.25, 0.3) is 5.91 Å². The number of rotatable bonds is 4. The van der Waals surface area contributed by atoms with Gasteiger partial charge in [0, 0.05) is 26.0 Å². The van der Waals surface area contributed by atoms with Crippen LogP contribution in [0.2, 0.25) is 0 Å². The van der Waals surface area contributed by atoms with Crippen molar-refractivity contribution in [2.24, 2.45) is 0 Å². The molecule has 0 aliphatic carbocycles. The van der Waals surface area contributed by atoms with Gasteiger partial charge in [-0.15, -0.1) is 0 Å². The molecule has 0 saturated heterocycles. The zero-order valence-electron chi connectivity index (χ0n) is 10.6. The normalized spacial score (nSPS) is 10.3. The van der Waals surface area contributed by atoms with E-state index in [4.69, 9.17) is 0 Å². The number of pyridine rings is 1. The van der Waals surface area contributed by atoms with E-state index in [0.717, 1.165) is 12.0 Å². The third-order valence-electron chi connectivity index (χ3n) is 2.87. The smallest absolute Gasteiger partial charge is 0.271 e. The van der Waals surface area contributed by atoms with Crippen LogP contribution in [0.3, 0.4) is 0 Å². The quantitative estimate of drug-likeness (QED) is 0.885. The van der Waals surface area contributed by atoms with Crippen molar-refractivity contribution >= 4 is 5.91 Å². The minimum atomic E-state index is -0.0287. The Hall–Kier alpha value is -2.17. The Bertz CT molecular complexity index is 521. The summed E-state index contributed by atoms with van der Waals surface area (Å²) < 4.78 is 0. The second-order valence-corrected chi connectivity index (χ2v) is 4.26. The number of amides is 1. The number of nitrogens with zero attached hydrogens (tertiary/aromatic N) is 3. The molecule has 94 valence electrons. The molecule has 0 spiro atoms. The van der Waals surface area contributed by atoms with E-state index in [-0.39, 0.29) is 5.91 Å². The highest BCUT2D eigenvalue weighted by atomic mass is 16.2. The van der Waals surface area contributed by atoms with Gasteiger partial charge in [-0.3, -0.25) is 14.9 Å². The average molecular weight is 244 g/mol. The van der Waals surface area contributed by atoms with Crippen molar-refractivity contribution in [3.05, 3.63) is 47.5 Å². The topological polar surface area (TPSA) is 61.9 Å². The third-order valence-corrected chi connectivity index (χ3v) is 2.87. The Balaban J connectivity index is 1.95. The molecule has 2 rings (SSSR count). The zero-order chi connectivity index (χ0) is 13.0. The van der Waals surface area contributed by atoms with Crippen molar-refractivity contribution in [2.75, 3.05) is 13.6 Å². The molecule has 2 heterocycles. The lowest BCUT2D eigenvalue weighted by Gasteiger charge is -2.16. The lowest BCUT2D eigenvalue weighted by atomic mass is 10.2. The molecule has 5 heteroatoms. The summed E-state index contributed by atoms with van der Waals surface area (Å²) >= 11 is 0. The Labute approximate surface area is 106 Å². The lowest BCUT2D eigenvalue weighted by Crippen LogP contribution is -2.29. The van der Waals surface area contributed by atoms with Crippen LogP contribution >= 0.6 is 0 Å². The fraction of sp³-hybridized carbons (Fsp3) is 0.308. The molecule has 1 N–H and O–H groups in total. The molecule has 18 heavy (non-hydrogen) atoms. The molecule has 0 atom stereocenters. The maximum absolute atomic E-state index is 12.1. The second kappa shape index (κ2) is 5.44. The summed E-state index contributed by atoms with van der Waals surface area (Å²) in [4.78, 5) is 17.8. The first-order valence-electron chi connectivity index (χ1n) is 5.83. The first-order valence-corrected chi connectivity index (χ1v) is 5.83. The maximum atomic E-state index is 12.1. The van der Waals surface area contributed by atoms with Gasteiger partial charge in [-0.25, -0.2) is 0 Å². The van der Waals surface area contributed by atoms with Crippen LogP contribution in [0.15, 0.2) is 30.7 Å². The fourth-order valence-corrected chi connectivity index (χ4v) is 1.70. The fourth-order valence-electron chi connectivity index (χ4n) is 1.70. The van der Waals surface area contributed by atoms with Gasteiger partial charge < -0.3 is 4.90 Å². The molecule has 0 saturated carbocycles. The summed E-state index contributed by atoms with van der Waals surface area (Å²) in [5.74, 6) is -0.0287. The van der Waals surface area contributed by atoms with Crippen molar-refractivity contribution in [1.82, 2.24) is 20.1 Å². The monoisotopic (exact) mass is 244 g/mol. The summed E-state index contributed by atoms with van der Waals surface area (Å²) in [5, 5.41) is 6.60. The minimum Gasteiger partial charge on any atom is -0.340 e. The molecular formula is C13H16N4O. The first-order chi connectivity index (χ1) is 8.68. The second-order valence-electron chi connectivity index (χ2n) is 4.26. The van der Waals surface area contributed by atoms with E-state index >= 15 is 0 Å². The number of hydrogen-bond acceptors (Lipinski definition) is 3.